The third kappa shape index (κ3) is 3.71. The monoisotopic (exact) mass is 362 g/mol. The van der Waals surface area contributed by atoms with Crippen LogP contribution in [0.5, 0.6) is 0 Å². The normalized spacial score (nSPS) is 14.1. The zero-order valence-corrected chi connectivity index (χ0v) is 14.4. The first-order valence-corrected chi connectivity index (χ1v) is 8.43. The molecule has 1 fully saturated rings. The first-order chi connectivity index (χ1) is 11.5. The average molecular weight is 363 g/mol. The van der Waals surface area contributed by atoms with Crippen molar-refractivity contribution in [2.45, 2.75) is 19.4 Å². The van der Waals surface area contributed by atoms with Crippen molar-refractivity contribution in [1.29, 1.82) is 0 Å². The molecule has 0 saturated carbocycles. The van der Waals surface area contributed by atoms with Crippen molar-refractivity contribution in [3.63, 3.8) is 0 Å². The molecule has 0 unspecified atom stereocenters. The number of hydrogen-bond donors (Lipinski definition) is 1. The summed E-state index contributed by atoms with van der Waals surface area (Å²) in [5.74, 6) is -0.0527. The largest absolute Gasteiger partial charge is 0.348 e. The average Bonchev–Trinajstić information content (AvgIpc) is 3.01. The van der Waals surface area contributed by atoms with Crippen LogP contribution in [0.2, 0.25) is 10.0 Å². The van der Waals surface area contributed by atoms with Crippen LogP contribution in [0.3, 0.4) is 0 Å². The van der Waals surface area contributed by atoms with Gasteiger partial charge in [-0.1, -0.05) is 35.3 Å². The standard InChI is InChI=1S/C18H16Cl2N2O2/c19-15-8-5-13(10-16(15)20)18(24)21-11-12-3-6-14(7-4-12)22-9-1-2-17(22)23/h3-8,10H,1-2,9,11H2,(H,21,24). The summed E-state index contributed by atoms with van der Waals surface area (Å²) in [6.45, 7) is 1.17. The minimum Gasteiger partial charge on any atom is -0.348 e. The molecule has 3 rings (SSSR count). The van der Waals surface area contributed by atoms with Gasteiger partial charge in [-0.2, -0.15) is 0 Å². The number of anilines is 1. The molecule has 124 valence electrons. The molecule has 0 spiro atoms. The lowest BCUT2D eigenvalue weighted by molar-refractivity contribution is -0.117. The third-order valence-corrected chi connectivity index (χ3v) is 4.70. The quantitative estimate of drug-likeness (QED) is 0.891. The lowest BCUT2D eigenvalue weighted by Crippen LogP contribution is -2.24. The summed E-state index contributed by atoms with van der Waals surface area (Å²) in [6.07, 6.45) is 1.52. The van der Waals surface area contributed by atoms with Gasteiger partial charge in [0.05, 0.1) is 10.0 Å². The summed E-state index contributed by atoms with van der Waals surface area (Å²) in [5, 5.41) is 3.61. The van der Waals surface area contributed by atoms with Crippen LogP contribution >= 0.6 is 23.2 Å². The van der Waals surface area contributed by atoms with Gasteiger partial charge in [0.2, 0.25) is 5.91 Å². The molecular formula is C18H16Cl2N2O2. The Morgan fingerprint density at radius 2 is 1.83 bits per heavy atom. The highest BCUT2D eigenvalue weighted by atomic mass is 35.5. The van der Waals surface area contributed by atoms with E-state index in [0.29, 0.717) is 28.6 Å². The maximum Gasteiger partial charge on any atom is 0.251 e. The number of nitrogens with one attached hydrogen (secondary N) is 1. The van der Waals surface area contributed by atoms with Gasteiger partial charge in [0.15, 0.2) is 0 Å². The Morgan fingerprint density at radius 3 is 2.46 bits per heavy atom. The molecule has 0 radical (unpaired) electrons. The van der Waals surface area contributed by atoms with E-state index < -0.39 is 0 Å². The molecule has 2 amide bonds. The predicted octanol–water partition coefficient (Wildman–Crippen LogP) is 4.05. The van der Waals surface area contributed by atoms with E-state index in [1.807, 2.05) is 24.3 Å². The van der Waals surface area contributed by atoms with Gasteiger partial charge in [0.1, 0.15) is 0 Å². The van der Waals surface area contributed by atoms with Crippen molar-refractivity contribution in [2.24, 2.45) is 0 Å². The highest BCUT2D eigenvalue weighted by Crippen LogP contribution is 2.23. The van der Waals surface area contributed by atoms with Crippen LogP contribution in [0.25, 0.3) is 0 Å². The lowest BCUT2D eigenvalue weighted by Gasteiger charge is -2.16. The van der Waals surface area contributed by atoms with Crippen LogP contribution < -0.4 is 10.2 Å². The van der Waals surface area contributed by atoms with Gasteiger partial charge in [-0.25, -0.2) is 0 Å². The van der Waals surface area contributed by atoms with E-state index in [0.717, 1.165) is 24.2 Å². The van der Waals surface area contributed by atoms with Crippen LogP contribution in [0, 0.1) is 0 Å². The molecule has 4 nitrogen and oxygen atoms in total. The Labute approximate surface area is 150 Å². The van der Waals surface area contributed by atoms with Crippen molar-refractivity contribution in [3.8, 4) is 0 Å². The molecule has 1 heterocycles. The van der Waals surface area contributed by atoms with Crippen LogP contribution in [-0.4, -0.2) is 18.4 Å². The Bertz CT molecular complexity index is 775. The molecule has 0 aromatic heterocycles. The number of carbonyl (C=O) groups is 2. The zero-order valence-electron chi connectivity index (χ0n) is 12.9. The number of nitrogens with zero attached hydrogens (tertiary/aromatic N) is 1. The fraction of sp³-hybridized carbons (Fsp3) is 0.222. The number of halogens is 2. The highest BCUT2D eigenvalue weighted by molar-refractivity contribution is 6.42. The molecule has 0 bridgehead atoms. The topological polar surface area (TPSA) is 49.4 Å². The van der Waals surface area contributed by atoms with E-state index in [1.54, 1.807) is 23.1 Å². The SMILES string of the molecule is O=C(NCc1ccc(N2CCCC2=O)cc1)c1ccc(Cl)c(Cl)c1. The first kappa shape index (κ1) is 16.8. The summed E-state index contributed by atoms with van der Waals surface area (Å²) in [4.78, 5) is 25.7. The zero-order chi connectivity index (χ0) is 17.1. The Balaban J connectivity index is 1.61. The van der Waals surface area contributed by atoms with Crippen LogP contribution in [0.4, 0.5) is 5.69 Å². The maximum atomic E-state index is 12.1. The molecular weight excluding hydrogens is 347 g/mol. The summed E-state index contributed by atoms with van der Waals surface area (Å²) in [7, 11) is 0. The maximum absolute atomic E-state index is 12.1. The molecule has 2 aromatic rings. The highest BCUT2D eigenvalue weighted by Gasteiger charge is 2.21. The van der Waals surface area contributed by atoms with Gasteiger partial charge in [-0.15, -0.1) is 0 Å². The van der Waals surface area contributed by atoms with Gasteiger partial charge in [0.25, 0.3) is 5.91 Å². The molecule has 6 heteroatoms. The van der Waals surface area contributed by atoms with Crippen LogP contribution in [0.1, 0.15) is 28.8 Å². The molecule has 1 N–H and O–H groups in total. The van der Waals surface area contributed by atoms with Crippen molar-refractivity contribution in [3.05, 3.63) is 63.6 Å². The number of carbonyl (C=O) groups excluding carboxylic acids is 2. The van der Waals surface area contributed by atoms with Crippen molar-refractivity contribution in [2.75, 3.05) is 11.4 Å². The van der Waals surface area contributed by atoms with Gasteiger partial charge in [-0.05, 0) is 42.3 Å². The fourth-order valence-electron chi connectivity index (χ4n) is 2.64. The Hall–Kier alpha value is -2.04. The van der Waals surface area contributed by atoms with E-state index >= 15 is 0 Å². The molecule has 2 aromatic carbocycles. The van der Waals surface area contributed by atoms with Gasteiger partial charge in [0, 0.05) is 30.8 Å². The second-order valence-corrected chi connectivity index (χ2v) is 6.44. The lowest BCUT2D eigenvalue weighted by atomic mass is 10.1. The second-order valence-electron chi connectivity index (χ2n) is 5.63. The number of amides is 2. The Morgan fingerprint density at radius 1 is 1.08 bits per heavy atom. The van der Waals surface area contributed by atoms with Crippen LogP contribution in [-0.2, 0) is 11.3 Å². The molecule has 0 aliphatic carbocycles. The number of hydrogen-bond acceptors (Lipinski definition) is 2. The predicted molar refractivity (Wildman–Crippen MR) is 95.7 cm³/mol. The van der Waals surface area contributed by atoms with Gasteiger partial charge < -0.3 is 10.2 Å². The molecule has 0 atom stereocenters. The third-order valence-electron chi connectivity index (χ3n) is 3.96. The molecule has 1 aliphatic heterocycles. The van der Waals surface area contributed by atoms with Crippen molar-refractivity contribution in [1.82, 2.24) is 5.32 Å². The number of rotatable bonds is 4. The fourth-order valence-corrected chi connectivity index (χ4v) is 2.93. The first-order valence-electron chi connectivity index (χ1n) is 7.67. The summed E-state index contributed by atoms with van der Waals surface area (Å²) in [6, 6.07) is 12.4. The minimum atomic E-state index is -0.215. The summed E-state index contributed by atoms with van der Waals surface area (Å²) >= 11 is 11.8. The minimum absolute atomic E-state index is 0.163. The van der Waals surface area contributed by atoms with Crippen molar-refractivity contribution < 1.29 is 9.59 Å². The van der Waals surface area contributed by atoms with Gasteiger partial charge >= 0.3 is 0 Å². The smallest absolute Gasteiger partial charge is 0.251 e. The van der Waals surface area contributed by atoms with E-state index in [-0.39, 0.29) is 11.8 Å². The van der Waals surface area contributed by atoms with E-state index in [2.05, 4.69) is 5.32 Å². The van der Waals surface area contributed by atoms with E-state index in [1.165, 1.54) is 0 Å². The van der Waals surface area contributed by atoms with Crippen LogP contribution in [0.15, 0.2) is 42.5 Å². The summed E-state index contributed by atoms with van der Waals surface area (Å²) in [5.41, 5.74) is 2.32. The second kappa shape index (κ2) is 7.24. The molecule has 1 aliphatic rings. The van der Waals surface area contributed by atoms with E-state index in [4.69, 9.17) is 23.2 Å². The number of benzene rings is 2. The molecule has 24 heavy (non-hydrogen) atoms. The molecule has 1 saturated heterocycles. The Kier molecular flexibility index (Phi) is 5.07. The summed E-state index contributed by atoms with van der Waals surface area (Å²) < 4.78 is 0. The van der Waals surface area contributed by atoms with E-state index in [9.17, 15) is 9.59 Å². The van der Waals surface area contributed by atoms with Crippen molar-refractivity contribution >= 4 is 40.7 Å². The van der Waals surface area contributed by atoms with Gasteiger partial charge in [-0.3, -0.25) is 9.59 Å².